The fourth-order valence-corrected chi connectivity index (χ4v) is 3.33. The summed E-state index contributed by atoms with van der Waals surface area (Å²) < 4.78 is 2.10. The molecule has 1 atom stereocenters. The van der Waals surface area contributed by atoms with Crippen LogP contribution >= 0.6 is 11.6 Å². The van der Waals surface area contributed by atoms with Gasteiger partial charge < -0.3 is 15.2 Å². The van der Waals surface area contributed by atoms with Gasteiger partial charge in [0.2, 0.25) is 0 Å². The Balaban J connectivity index is 1.49. The summed E-state index contributed by atoms with van der Waals surface area (Å²) in [7, 11) is 0. The van der Waals surface area contributed by atoms with Gasteiger partial charge in [-0.25, -0.2) is 9.78 Å². The Morgan fingerprint density at radius 1 is 1.24 bits per heavy atom. The Kier molecular flexibility index (Phi) is 3.93. The number of imidazole rings is 1. The highest BCUT2D eigenvalue weighted by molar-refractivity contribution is 6.30. The fraction of sp³-hybridized carbons (Fsp3) is 0.158. The number of urea groups is 1. The molecule has 2 N–H and O–H groups in total. The van der Waals surface area contributed by atoms with Crippen LogP contribution < -0.4 is 10.6 Å². The van der Waals surface area contributed by atoms with E-state index in [1.807, 2.05) is 12.5 Å². The second-order valence-electron chi connectivity index (χ2n) is 6.13. The van der Waals surface area contributed by atoms with Gasteiger partial charge in [0, 0.05) is 22.8 Å². The van der Waals surface area contributed by atoms with Gasteiger partial charge in [0.1, 0.15) is 0 Å². The van der Waals surface area contributed by atoms with E-state index < -0.39 is 0 Å². The SMILES string of the molecule is Cc1ccc2c(c1)C(CNC(=O)Nc1ccc(Cl)cc1)n1cncc1-2. The molecule has 1 aliphatic rings. The Morgan fingerprint density at radius 3 is 2.84 bits per heavy atom. The maximum absolute atomic E-state index is 12.2. The minimum atomic E-state index is -0.245. The van der Waals surface area contributed by atoms with E-state index in [1.165, 1.54) is 16.7 Å². The number of hydrogen-bond donors (Lipinski definition) is 2. The lowest BCUT2D eigenvalue weighted by atomic mass is 10.0. The predicted molar refractivity (Wildman–Crippen MR) is 99.0 cm³/mol. The Hall–Kier alpha value is -2.79. The molecule has 2 aromatic carbocycles. The molecule has 3 aromatic rings. The van der Waals surface area contributed by atoms with Crippen molar-refractivity contribution in [1.82, 2.24) is 14.9 Å². The molecule has 1 aromatic heterocycles. The molecule has 2 amide bonds. The lowest BCUT2D eigenvalue weighted by molar-refractivity contribution is 0.251. The summed E-state index contributed by atoms with van der Waals surface area (Å²) in [6.45, 7) is 2.56. The molecule has 25 heavy (non-hydrogen) atoms. The van der Waals surface area contributed by atoms with Crippen molar-refractivity contribution in [3.05, 3.63) is 71.1 Å². The largest absolute Gasteiger partial charge is 0.335 e. The van der Waals surface area contributed by atoms with Gasteiger partial charge in [0.15, 0.2) is 0 Å². The van der Waals surface area contributed by atoms with Crippen molar-refractivity contribution in [2.75, 3.05) is 11.9 Å². The van der Waals surface area contributed by atoms with E-state index in [4.69, 9.17) is 11.6 Å². The normalized spacial score (nSPS) is 14.7. The number of carbonyl (C=O) groups is 1. The fourth-order valence-electron chi connectivity index (χ4n) is 3.21. The van der Waals surface area contributed by atoms with Gasteiger partial charge in [-0.2, -0.15) is 0 Å². The highest BCUT2D eigenvalue weighted by Crippen LogP contribution is 2.39. The van der Waals surface area contributed by atoms with Crippen molar-refractivity contribution in [1.29, 1.82) is 0 Å². The smallest absolute Gasteiger partial charge is 0.319 e. The van der Waals surface area contributed by atoms with E-state index in [-0.39, 0.29) is 12.1 Å². The second-order valence-corrected chi connectivity index (χ2v) is 6.57. The van der Waals surface area contributed by atoms with E-state index in [9.17, 15) is 4.79 Å². The van der Waals surface area contributed by atoms with Crippen molar-refractivity contribution in [2.45, 2.75) is 13.0 Å². The number of halogens is 1. The molecule has 0 radical (unpaired) electrons. The number of carbonyl (C=O) groups excluding carboxylic acids is 1. The quantitative estimate of drug-likeness (QED) is 0.740. The number of aryl methyl sites for hydroxylation is 1. The molecule has 0 spiro atoms. The van der Waals surface area contributed by atoms with Crippen LogP contribution in [0.25, 0.3) is 11.3 Å². The van der Waals surface area contributed by atoms with Crippen LogP contribution in [0, 0.1) is 6.92 Å². The maximum atomic E-state index is 12.2. The standard InChI is InChI=1S/C19H17ClN4O/c1-12-2-7-15-16(8-12)18(24-11-21-9-17(15)24)10-22-19(25)23-14-5-3-13(20)4-6-14/h2-9,11,18H,10H2,1H3,(H2,22,23,25). The summed E-state index contributed by atoms with van der Waals surface area (Å²) in [5, 5.41) is 6.40. The lowest BCUT2D eigenvalue weighted by Crippen LogP contribution is -2.33. The van der Waals surface area contributed by atoms with Gasteiger partial charge >= 0.3 is 6.03 Å². The predicted octanol–water partition coefficient (Wildman–Crippen LogP) is 4.24. The molecule has 6 heteroatoms. The van der Waals surface area contributed by atoms with Gasteiger partial charge in [0.05, 0.1) is 24.3 Å². The zero-order valence-corrected chi connectivity index (χ0v) is 14.4. The van der Waals surface area contributed by atoms with Crippen molar-refractivity contribution in [2.24, 2.45) is 0 Å². The first-order valence-corrected chi connectivity index (χ1v) is 8.43. The number of nitrogens with one attached hydrogen (secondary N) is 2. The number of hydrogen-bond acceptors (Lipinski definition) is 2. The minimum absolute atomic E-state index is 0.0448. The lowest BCUT2D eigenvalue weighted by Gasteiger charge is -2.16. The van der Waals surface area contributed by atoms with E-state index in [0.29, 0.717) is 17.3 Å². The van der Waals surface area contributed by atoms with Crippen molar-refractivity contribution in [3.63, 3.8) is 0 Å². The third-order valence-corrected chi connectivity index (χ3v) is 4.65. The molecule has 1 unspecified atom stereocenters. The van der Waals surface area contributed by atoms with Crippen LogP contribution in [0.2, 0.25) is 5.02 Å². The van der Waals surface area contributed by atoms with Gasteiger partial charge in [-0.3, -0.25) is 0 Å². The second kappa shape index (κ2) is 6.26. The van der Waals surface area contributed by atoms with Gasteiger partial charge in [-0.1, -0.05) is 35.4 Å². The summed E-state index contributed by atoms with van der Waals surface area (Å²) in [4.78, 5) is 16.4. The van der Waals surface area contributed by atoms with Crippen LogP contribution in [0.15, 0.2) is 55.0 Å². The first-order chi connectivity index (χ1) is 12.1. The third-order valence-electron chi connectivity index (χ3n) is 4.40. The molecular weight excluding hydrogens is 336 g/mol. The summed E-state index contributed by atoms with van der Waals surface area (Å²) in [6.07, 6.45) is 3.68. The molecule has 0 saturated carbocycles. The average Bonchev–Trinajstić information content (AvgIpc) is 3.16. The maximum Gasteiger partial charge on any atom is 0.319 e. The molecule has 2 heterocycles. The number of anilines is 1. The average molecular weight is 353 g/mol. The van der Waals surface area contributed by atoms with Crippen molar-refractivity contribution in [3.8, 4) is 11.3 Å². The van der Waals surface area contributed by atoms with Gasteiger partial charge in [-0.15, -0.1) is 0 Å². The third kappa shape index (κ3) is 2.98. The first kappa shape index (κ1) is 15.7. The number of amides is 2. The minimum Gasteiger partial charge on any atom is -0.335 e. The van der Waals surface area contributed by atoms with E-state index in [0.717, 1.165) is 5.69 Å². The summed E-state index contributed by atoms with van der Waals surface area (Å²) in [5.41, 5.74) is 5.37. The molecule has 0 aliphatic carbocycles. The Morgan fingerprint density at radius 2 is 2.04 bits per heavy atom. The number of rotatable bonds is 3. The number of nitrogens with zero attached hydrogens (tertiary/aromatic N) is 2. The van der Waals surface area contributed by atoms with Crippen molar-refractivity contribution < 1.29 is 4.79 Å². The van der Waals surface area contributed by atoms with E-state index in [2.05, 4.69) is 45.3 Å². The number of benzene rings is 2. The molecule has 1 aliphatic heterocycles. The zero-order valence-electron chi connectivity index (χ0n) is 13.7. The van der Waals surface area contributed by atoms with Crippen molar-refractivity contribution >= 4 is 23.3 Å². The highest BCUT2D eigenvalue weighted by atomic mass is 35.5. The molecule has 126 valence electrons. The van der Waals surface area contributed by atoms with E-state index >= 15 is 0 Å². The first-order valence-electron chi connectivity index (χ1n) is 8.05. The van der Waals surface area contributed by atoms with E-state index in [1.54, 1.807) is 24.3 Å². The van der Waals surface area contributed by atoms with Crippen LogP contribution in [0.3, 0.4) is 0 Å². The Labute approximate surface area is 150 Å². The zero-order chi connectivity index (χ0) is 17.4. The number of fused-ring (bicyclic) bond motifs is 3. The topological polar surface area (TPSA) is 59.0 Å². The molecule has 0 fully saturated rings. The molecule has 0 saturated heterocycles. The monoisotopic (exact) mass is 352 g/mol. The van der Waals surface area contributed by atoms with Gasteiger partial charge in [-0.05, 0) is 36.8 Å². The number of aromatic nitrogens is 2. The highest BCUT2D eigenvalue weighted by Gasteiger charge is 2.28. The molecule has 0 bridgehead atoms. The van der Waals surface area contributed by atoms with Crippen LogP contribution in [0.1, 0.15) is 17.2 Å². The van der Waals surface area contributed by atoms with Gasteiger partial charge in [0.25, 0.3) is 0 Å². The molecule has 4 rings (SSSR count). The van der Waals surface area contributed by atoms with Crippen LogP contribution in [0.5, 0.6) is 0 Å². The summed E-state index contributed by atoms with van der Waals surface area (Å²) in [6, 6.07) is 13.2. The van der Waals surface area contributed by atoms with Crippen LogP contribution in [-0.2, 0) is 0 Å². The molecule has 5 nitrogen and oxygen atoms in total. The summed E-state index contributed by atoms with van der Waals surface area (Å²) >= 11 is 5.86. The van der Waals surface area contributed by atoms with Crippen LogP contribution in [-0.4, -0.2) is 22.1 Å². The summed E-state index contributed by atoms with van der Waals surface area (Å²) in [5.74, 6) is 0. The van der Waals surface area contributed by atoms with Crippen LogP contribution in [0.4, 0.5) is 10.5 Å². The Bertz CT molecular complexity index is 933. The molecular formula is C19H17ClN4O.